The van der Waals surface area contributed by atoms with E-state index in [-0.39, 0.29) is 5.41 Å². The van der Waals surface area contributed by atoms with Crippen LogP contribution in [0.1, 0.15) is 43.2 Å². The van der Waals surface area contributed by atoms with Crippen LogP contribution in [0.4, 0.5) is 0 Å². The first-order chi connectivity index (χ1) is 30.7. The van der Waals surface area contributed by atoms with E-state index < -0.39 is 0 Å². The summed E-state index contributed by atoms with van der Waals surface area (Å²) < 4.78 is 0. The van der Waals surface area contributed by atoms with E-state index >= 15 is 0 Å². The van der Waals surface area contributed by atoms with Crippen molar-refractivity contribution in [2.45, 2.75) is 37.5 Å². The summed E-state index contributed by atoms with van der Waals surface area (Å²) in [5.74, 6) is 3.25. The van der Waals surface area contributed by atoms with Gasteiger partial charge in [0.2, 0.25) is 0 Å². The zero-order valence-electron chi connectivity index (χ0n) is 34.8. The molecule has 4 fully saturated rings. The van der Waals surface area contributed by atoms with Gasteiger partial charge in [-0.15, -0.1) is 0 Å². The molecular formula is C62H46. The predicted molar refractivity (Wildman–Crippen MR) is 261 cm³/mol. The van der Waals surface area contributed by atoms with Crippen LogP contribution in [0, 0.1) is 23.7 Å². The van der Waals surface area contributed by atoms with Gasteiger partial charge in [0.15, 0.2) is 0 Å². The first-order valence-corrected chi connectivity index (χ1v) is 23.0. The SMILES string of the molecule is c1ccc(-c2cccc3cccc(-c4ccc(-c5c6ccccc6c(-c6ccc7c(c6)C6(c8ccc9ccccc9c8-7)C7CC8CC(C7)CC6C8)c6ccccc56)cc4)c23)cc1. The van der Waals surface area contributed by atoms with Gasteiger partial charge in [-0.05, 0) is 172 Å². The largest absolute Gasteiger partial charge is 0.0622 e. The average molecular weight is 791 g/mol. The Morgan fingerprint density at radius 2 is 0.806 bits per heavy atom. The van der Waals surface area contributed by atoms with E-state index in [4.69, 9.17) is 0 Å². The second kappa shape index (κ2) is 13.1. The number of hydrogen-bond acceptors (Lipinski definition) is 0. The zero-order chi connectivity index (χ0) is 40.5. The molecule has 0 N–H and O–H groups in total. The van der Waals surface area contributed by atoms with Crippen molar-refractivity contribution >= 4 is 43.1 Å². The highest BCUT2D eigenvalue weighted by Gasteiger charge is 2.61. The molecule has 0 amide bonds. The molecule has 10 aromatic rings. The van der Waals surface area contributed by atoms with E-state index in [1.54, 1.807) is 11.1 Å². The van der Waals surface area contributed by atoms with Gasteiger partial charge in [0.1, 0.15) is 0 Å². The van der Waals surface area contributed by atoms with Gasteiger partial charge in [0, 0.05) is 5.41 Å². The molecule has 5 aliphatic carbocycles. The first kappa shape index (κ1) is 34.9. The molecule has 0 aliphatic heterocycles. The van der Waals surface area contributed by atoms with Gasteiger partial charge >= 0.3 is 0 Å². The van der Waals surface area contributed by atoms with Gasteiger partial charge < -0.3 is 0 Å². The zero-order valence-corrected chi connectivity index (χ0v) is 34.8. The predicted octanol–water partition coefficient (Wildman–Crippen LogP) is 16.7. The van der Waals surface area contributed by atoms with Gasteiger partial charge in [0.25, 0.3) is 0 Å². The van der Waals surface area contributed by atoms with Crippen molar-refractivity contribution in [3.05, 3.63) is 205 Å². The van der Waals surface area contributed by atoms with E-state index in [9.17, 15) is 0 Å². The Bertz CT molecular complexity index is 3370. The van der Waals surface area contributed by atoms with Crippen molar-refractivity contribution in [2.24, 2.45) is 23.7 Å². The summed E-state index contributed by atoms with van der Waals surface area (Å²) in [5.41, 5.74) is 16.6. The quantitative estimate of drug-likeness (QED) is 0.156. The monoisotopic (exact) mass is 790 g/mol. The van der Waals surface area contributed by atoms with E-state index in [1.165, 1.54) is 131 Å². The molecule has 10 aromatic carbocycles. The molecule has 0 atom stereocenters. The number of rotatable bonds is 4. The molecule has 4 saturated carbocycles. The van der Waals surface area contributed by atoms with Gasteiger partial charge in [-0.3, -0.25) is 0 Å². The normalized spacial score (nSPS) is 21.9. The Morgan fingerprint density at radius 3 is 1.44 bits per heavy atom. The molecule has 294 valence electrons. The highest BCUT2D eigenvalue weighted by molar-refractivity contribution is 6.22. The molecule has 0 aromatic heterocycles. The number of fused-ring (bicyclic) bond motifs is 8. The van der Waals surface area contributed by atoms with Crippen LogP contribution in [0.15, 0.2) is 194 Å². The Hall–Kier alpha value is -6.76. The lowest BCUT2D eigenvalue weighted by Crippen LogP contribution is -2.55. The van der Waals surface area contributed by atoms with Crippen LogP contribution in [0.3, 0.4) is 0 Å². The van der Waals surface area contributed by atoms with Crippen molar-refractivity contribution in [3.63, 3.8) is 0 Å². The Kier molecular flexibility index (Phi) is 7.39. The standard InChI is InChI=1S/C62H46/c1-2-12-40(13-3-1)48-22-10-15-43-16-11-23-49(58(43)48)42-24-26-44(27-25-42)59-51-18-6-8-20-53(51)60(54-21-9-7-19-52(54)59)45-28-30-55-57(37-45)62(46-33-38-32-39(35-46)36-47(62)34-38)56-31-29-41-14-4-5-17-50(41)61(55)56/h1-31,37-39,46-47H,32-36H2. The minimum atomic E-state index is 0.0946. The third-order valence-corrected chi connectivity index (χ3v) is 16.2. The minimum Gasteiger partial charge on any atom is -0.0622 e. The average Bonchev–Trinajstić information content (AvgIpc) is 3.62. The molecule has 0 saturated heterocycles. The van der Waals surface area contributed by atoms with Crippen LogP contribution < -0.4 is 0 Å². The van der Waals surface area contributed by atoms with E-state index in [0.717, 1.165) is 11.8 Å². The molecule has 0 radical (unpaired) electrons. The highest BCUT2D eigenvalue weighted by atomic mass is 14.6. The number of benzene rings is 10. The molecule has 62 heavy (non-hydrogen) atoms. The van der Waals surface area contributed by atoms with Crippen LogP contribution in [-0.2, 0) is 5.41 Å². The number of hydrogen-bond donors (Lipinski definition) is 0. The Morgan fingerprint density at radius 1 is 0.306 bits per heavy atom. The summed E-state index contributed by atoms with van der Waals surface area (Å²) in [6, 6.07) is 73.9. The smallest absolute Gasteiger partial charge is 0.0272 e. The molecule has 4 bridgehead atoms. The van der Waals surface area contributed by atoms with Crippen LogP contribution in [0.25, 0.3) is 98.7 Å². The van der Waals surface area contributed by atoms with Crippen molar-refractivity contribution in [1.29, 1.82) is 0 Å². The first-order valence-electron chi connectivity index (χ1n) is 23.0. The fraction of sp³-hybridized carbons (Fsp3) is 0.161. The lowest BCUT2D eigenvalue weighted by molar-refractivity contribution is -0.0399. The second-order valence-corrected chi connectivity index (χ2v) is 19.1. The molecule has 5 aliphatic rings. The van der Waals surface area contributed by atoms with E-state index in [0.29, 0.717) is 11.8 Å². The third-order valence-electron chi connectivity index (χ3n) is 16.2. The fourth-order valence-electron chi connectivity index (χ4n) is 14.1. The van der Waals surface area contributed by atoms with Crippen LogP contribution in [-0.4, -0.2) is 0 Å². The third kappa shape index (κ3) is 4.79. The van der Waals surface area contributed by atoms with Crippen LogP contribution in [0.2, 0.25) is 0 Å². The Labute approximate surface area is 363 Å². The lowest BCUT2D eigenvalue weighted by Gasteiger charge is -2.61. The van der Waals surface area contributed by atoms with Crippen LogP contribution in [0.5, 0.6) is 0 Å². The summed E-state index contributed by atoms with van der Waals surface area (Å²) in [6.07, 6.45) is 7.01. The van der Waals surface area contributed by atoms with Gasteiger partial charge in [-0.2, -0.15) is 0 Å². The van der Waals surface area contributed by atoms with Crippen molar-refractivity contribution in [1.82, 2.24) is 0 Å². The summed E-state index contributed by atoms with van der Waals surface area (Å²) >= 11 is 0. The maximum absolute atomic E-state index is 2.70. The summed E-state index contributed by atoms with van der Waals surface area (Å²) in [4.78, 5) is 0. The van der Waals surface area contributed by atoms with Gasteiger partial charge in [-0.25, -0.2) is 0 Å². The molecule has 1 spiro atoms. The highest BCUT2D eigenvalue weighted by Crippen LogP contribution is 2.70. The molecule has 0 nitrogen and oxygen atoms in total. The minimum absolute atomic E-state index is 0.0946. The van der Waals surface area contributed by atoms with E-state index in [1.807, 2.05) is 0 Å². The van der Waals surface area contributed by atoms with Crippen LogP contribution >= 0.6 is 0 Å². The molecule has 0 heteroatoms. The molecular weight excluding hydrogens is 745 g/mol. The summed E-state index contributed by atoms with van der Waals surface area (Å²) in [5, 5.41) is 10.6. The summed E-state index contributed by atoms with van der Waals surface area (Å²) in [6.45, 7) is 0. The molecule has 15 rings (SSSR count). The lowest BCUT2D eigenvalue weighted by atomic mass is 9.43. The van der Waals surface area contributed by atoms with E-state index in [2.05, 4.69) is 194 Å². The second-order valence-electron chi connectivity index (χ2n) is 19.1. The van der Waals surface area contributed by atoms with Crippen molar-refractivity contribution in [3.8, 4) is 55.6 Å². The maximum Gasteiger partial charge on any atom is 0.0272 e. The fourth-order valence-corrected chi connectivity index (χ4v) is 14.1. The van der Waals surface area contributed by atoms with Gasteiger partial charge in [0.05, 0.1) is 0 Å². The van der Waals surface area contributed by atoms with Crippen molar-refractivity contribution < 1.29 is 0 Å². The Balaban J connectivity index is 0.955. The van der Waals surface area contributed by atoms with Crippen molar-refractivity contribution in [2.75, 3.05) is 0 Å². The maximum atomic E-state index is 2.70. The van der Waals surface area contributed by atoms with Gasteiger partial charge in [-0.1, -0.05) is 188 Å². The topological polar surface area (TPSA) is 0 Å². The molecule has 0 unspecified atom stereocenters. The molecule has 0 heterocycles. The summed E-state index contributed by atoms with van der Waals surface area (Å²) in [7, 11) is 0.